The van der Waals surface area contributed by atoms with Gasteiger partial charge >= 0.3 is 119 Å². The fraction of sp³-hybridized carbons (Fsp3) is 1.00. The van der Waals surface area contributed by atoms with E-state index >= 15 is 0 Å². The Morgan fingerprint density at radius 1 is 0.833 bits per heavy atom. The number of hydrogen-bond acceptors (Lipinski definition) is 2. The van der Waals surface area contributed by atoms with E-state index in [2.05, 4.69) is 20.8 Å². The second-order valence-electron chi connectivity index (χ2n) is 5.59. The van der Waals surface area contributed by atoms with Gasteiger partial charge in [0, 0.05) is 0 Å². The molecule has 18 heavy (non-hydrogen) atoms. The van der Waals surface area contributed by atoms with Crippen LogP contribution >= 0.6 is 0 Å². The first-order valence-corrected chi connectivity index (χ1v) is 16.0. The monoisotopic (exact) mass is 366 g/mol. The fourth-order valence-electron chi connectivity index (χ4n) is 2.60. The molecule has 0 aromatic carbocycles. The van der Waals surface area contributed by atoms with Crippen LogP contribution in [0, 0.1) is 0 Å². The molecule has 0 fully saturated rings. The predicted octanol–water partition coefficient (Wildman–Crippen LogP) is 4.38. The number of hydrogen-bond donors (Lipinski definition) is 1. The molecule has 0 bridgehead atoms. The van der Waals surface area contributed by atoms with Crippen LogP contribution in [0.2, 0.25) is 13.3 Å². The Morgan fingerprint density at radius 2 is 1.28 bits per heavy atom. The van der Waals surface area contributed by atoms with Gasteiger partial charge < -0.3 is 0 Å². The number of aliphatic hydroxyl groups is 1. The third-order valence-corrected chi connectivity index (χ3v) is 18.3. The van der Waals surface area contributed by atoms with E-state index in [1.807, 2.05) is 0 Å². The minimum absolute atomic E-state index is 0.178. The standard InChI is InChI=1S/3C4H9.C3H7O2.Sn/c3*1-3-4-2;1-5-3-2-4;/h3*1,3-4H2,2H3;4H,1-3H2;. The molecule has 0 aromatic heterocycles. The van der Waals surface area contributed by atoms with E-state index in [1.165, 1.54) is 51.8 Å². The molecule has 0 saturated heterocycles. The van der Waals surface area contributed by atoms with Gasteiger partial charge in [0.2, 0.25) is 0 Å². The number of aliphatic hydroxyl groups excluding tert-OH is 1. The Labute approximate surface area is 118 Å². The Kier molecular flexibility index (Phi) is 13.2. The van der Waals surface area contributed by atoms with Crippen LogP contribution in [0.15, 0.2) is 0 Å². The van der Waals surface area contributed by atoms with Crippen molar-refractivity contribution in [1.29, 1.82) is 0 Å². The van der Waals surface area contributed by atoms with Crippen molar-refractivity contribution < 1.29 is 9.84 Å². The summed E-state index contributed by atoms with van der Waals surface area (Å²) < 4.78 is 11.3. The van der Waals surface area contributed by atoms with E-state index in [4.69, 9.17) is 9.84 Å². The normalized spacial score (nSPS) is 12.0. The molecule has 0 rings (SSSR count). The molecule has 0 aliphatic heterocycles. The van der Waals surface area contributed by atoms with Crippen molar-refractivity contribution in [2.24, 2.45) is 0 Å². The van der Waals surface area contributed by atoms with Gasteiger partial charge in [-0.3, -0.25) is 0 Å². The predicted molar refractivity (Wildman–Crippen MR) is 82.8 cm³/mol. The van der Waals surface area contributed by atoms with Gasteiger partial charge in [0.25, 0.3) is 0 Å². The van der Waals surface area contributed by atoms with Crippen molar-refractivity contribution in [2.45, 2.75) is 72.6 Å². The van der Waals surface area contributed by atoms with Crippen molar-refractivity contribution in [3.05, 3.63) is 0 Å². The molecule has 0 unspecified atom stereocenters. The third kappa shape index (κ3) is 8.76. The van der Waals surface area contributed by atoms with Crippen LogP contribution in [-0.2, 0) is 4.74 Å². The zero-order valence-corrected chi connectivity index (χ0v) is 15.7. The zero-order valence-electron chi connectivity index (χ0n) is 12.8. The van der Waals surface area contributed by atoms with Crippen molar-refractivity contribution in [3.63, 3.8) is 0 Å². The quantitative estimate of drug-likeness (QED) is 0.388. The molecule has 2 nitrogen and oxygen atoms in total. The number of unbranched alkanes of at least 4 members (excludes halogenated alkanes) is 3. The summed E-state index contributed by atoms with van der Waals surface area (Å²) in [5.41, 5.74) is 0. The molecule has 0 aliphatic rings. The third-order valence-electron chi connectivity index (χ3n) is 3.83. The van der Waals surface area contributed by atoms with Gasteiger partial charge in [0.15, 0.2) is 0 Å². The van der Waals surface area contributed by atoms with E-state index in [1.54, 1.807) is 0 Å². The summed E-state index contributed by atoms with van der Waals surface area (Å²) in [5.74, 6) is 0. The van der Waals surface area contributed by atoms with Gasteiger partial charge in [-0.2, -0.15) is 0 Å². The molecule has 3 heteroatoms. The summed E-state index contributed by atoms with van der Waals surface area (Å²) in [6, 6.07) is 0. The molecule has 0 aliphatic carbocycles. The molecule has 110 valence electrons. The Morgan fingerprint density at radius 3 is 1.61 bits per heavy atom. The van der Waals surface area contributed by atoms with Crippen LogP contribution in [0.3, 0.4) is 0 Å². The Bertz CT molecular complexity index is 152. The molecular formula is C15H34O2Sn. The molecular weight excluding hydrogens is 331 g/mol. The van der Waals surface area contributed by atoms with Crippen molar-refractivity contribution >= 4 is 18.4 Å². The maximum absolute atomic E-state index is 8.89. The van der Waals surface area contributed by atoms with Crippen LogP contribution < -0.4 is 0 Å². The van der Waals surface area contributed by atoms with Gasteiger partial charge in [-0.25, -0.2) is 0 Å². The molecule has 0 heterocycles. The average molecular weight is 365 g/mol. The zero-order chi connectivity index (χ0) is 13.7. The first-order valence-electron chi connectivity index (χ1n) is 7.93. The minimum atomic E-state index is -2.05. The van der Waals surface area contributed by atoms with Crippen LogP contribution in [-0.4, -0.2) is 41.3 Å². The second kappa shape index (κ2) is 12.7. The first-order chi connectivity index (χ1) is 8.74. The SMILES string of the molecule is CCC[CH2][Sn]([CH2]CCC)([CH2]CCC)[CH2]OCCO. The molecule has 1 N–H and O–H groups in total. The van der Waals surface area contributed by atoms with Gasteiger partial charge in [0.1, 0.15) is 0 Å². The van der Waals surface area contributed by atoms with Gasteiger partial charge in [0.05, 0.1) is 0 Å². The van der Waals surface area contributed by atoms with E-state index in [-0.39, 0.29) is 6.61 Å². The summed E-state index contributed by atoms with van der Waals surface area (Å²) in [6.07, 6.45) is 8.13. The first kappa shape index (κ1) is 18.7. The van der Waals surface area contributed by atoms with Crippen LogP contribution in [0.4, 0.5) is 0 Å². The summed E-state index contributed by atoms with van der Waals surface area (Å²) in [4.78, 5) is 0. The number of ether oxygens (including phenoxy) is 1. The summed E-state index contributed by atoms with van der Waals surface area (Å²) in [7, 11) is 0. The van der Waals surface area contributed by atoms with Crippen molar-refractivity contribution in [3.8, 4) is 0 Å². The number of rotatable bonds is 13. The summed E-state index contributed by atoms with van der Waals surface area (Å²) in [6.45, 7) is 7.61. The van der Waals surface area contributed by atoms with Crippen LogP contribution in [0.1, 0.15) is 59.3 Å². The summed E-state index contributed by atoms with van der Waals surface area (Å²) in [5, 5.41) is 8.89. The van der Waals surface area contributed by atoms with Gasteiger partial charge in [-0.05, 0) is 0 Å². The Hall–Kier alpha value is 0.719. The Balaban J connectivity index is 4.41. The van der Waals surface area contributed by atoms with E-state index in [9.17, 15) is 0 Å². The van der Waals surface area contributed by atoms with Crippen molar-refractivity contribution in [1.82, 2.24) is 0 Å². The van der Waals surface area contributed by atoms with Gasteiger partial charge in [-0.15, -0.1) is 0 Å². The van der Waals surface area contributed by atoms with Crippen LogP contribution in [0.25, 0.3) is 0 Å². The van der Waals surface area contributed by atoms with Crippen LogP contribution in [0.5, 0.6) is 0 Å². The molecule has 0 spiro atoms. The average Bonchev–Trinajstić information content (AvgIpc) is 2.40. The second-order valence-corrected chi connectivity index (χ2v) is 19.3. The van der Waals surface area contributed by atoms with E-state index < -0.39 is 18.4 Å². The molecule has 0 saturated carbocycles. The molecule has 0 aromatic rings. The topological polar surface area (TPSA) is 29.5 Å². The molecule has 0 amide bonds. The summed E-state index contributed by atoms with van der Waals surface area (Å²) >= 11 is -2.05. The molecule has 0 radical (unpaired) electrons. The van der Waals surface area contributed by atoms with Gasteiger partial charge in [-0.1, -0.05) is 0 Å². The molecule has 0 atom stereocenters. The maximum atomic E-state index is 8.89. The fourth-order valence-corrected chi connectivity index (χ4v) is 17.1. The van der Waals surface area contributed by atoms with E-state index in [0.717, 1.165) is 4.62 Å². The van der Waals surface area contributed by atoms with E-state index in [0.29, 0.717) is 6.61 Å². The van der Waals surface area contributed by atoms with Crippen molar-refractivity contribution in [2.75, 3.05) is 17.8 Å².